The van der Waals surface area contributed by atoms with E-state index in [4.69, 9.17) is 4.42 Å². The molecule has 1 atom stereocenters. The summed E-state index contributed by atoms with van der Waals surface area (Å²) in [6, 6.07) is 4.92. The number of aliphatic hydroxyl groups excluding tert-OH is 1. The summed E-state index contributed by atoms with van der Waals surface area (Å²) in [4.78, 5) is 0. The summed E-state index contributed by atoms with van der Waals surface area (Å²) in [5.74, 6) is 0.548. The second-order valence-corrected chi connectivity index (χ2v) is 4.40. The molecule has 1 N–H and O–H groups in total. The third kappa shape index (κ3) is 2.66. The van der Waals surface area contributed by atoms with Crippen LogP contribution < -0.4 is 0 Å². The van der Waals surface area contributed by atoms with E-state index in [9.17, 15) is 18.3 Å². The Morgan fingerprint density at radius 3 is 2.26 bits per heavy atom. The van der Waals surface area contributed by atoms with Crippen molar-refractivity contribution < 1.29 is 22.7 Å². The lowest BCUT2D eigenvalue weighted by atomic mass is 9.96. The van der Waals surface area contributed by atoms with Crippen LogP contribution in [0.2, 0.25) is 0 Å². The van der Waals surface area contributed by atoms with Crippen molar-refractivity contribution in [3.63, 3.8) is 0 Å². The number of alkyl halides is 3. The van der Waals surface area contributed by atoms with Gasteiger partial charge in [-0.25, -0.2) is 0 Å². The second kappa shape index (κ2) is 4.74. The fraction of sp³-hybridized carbons (Fsp3) is 0.286. The molecule has 1 unspecified atom stereocenters. The van der Waals surface area contributed by atoms with Gasteiger partial charge >= 0.3 is 6.18 Å². The van der Waals surface area contributed by atoms with Crippen molar-refractivity contribution in [2.75, 3.05) is 0 Å². The molecule has 0 spiro atoms. The van der Waals surface area contributed by atoms with Crippen LogP contribution in [0.5, 0.6) is 0 Å². The van der Waals surface area contributed by atoms with Gasteiger partial charge in [-0.2, -0.15) is 13.2 Å². The van der Waals surface area contributed by atoms with E-state index in [1.165, 1.54) is 12.3 Å². The number of furan rings is 1. The maximum atomic E-state index is 12.6. The van der Waals surface area contributed by atoms with E-state index in [0.29, 0.717) is 22.5 Å². The van der Waals surface area contributed by atoms with Gasteiger partial charge in [0, 0.05) is 5.56 Å². The van der Waals surface area contributed by atoms with E-state index < -0.39 is 17.8 Å². The number of halogens is 3. The van der Waals surface area contributed by atoms with Crippen molar-refractivity contribution in [3.05, 3.63) is 58.5 Å². The standard InChI is InChI=1S/C14H13F3O2/c1-8-7-10(14(15,16)17)3-4-11(8)13(18)12-5-6-19-9(12)2/h3-7,13,18H,1-2H3. The zero-order valence-electron chi connectivity index (χ0n) is 10.5. The van der Waals surface area contributed by atoms with E-state index in [2.05, 4.69) is 0 Å². The summed E-state index contributed by atoms with van der Waals surface area (Å²) in [5.41, 5.74) is 0.674. The van der Waals surface area contributed by atoms with Crippen LogP contribution in [-0.4, -0.2) is 5.11 Å². The molecule has 0 saturated heterocycles. The minimum Gasteiger partial charge on any atom is -0.469 e. The lowest BCUT2D eigenvalue weighted by molar-refractivity contribution is -0.137. The normalized spacial score (nSPS) is 13.6. The molecule has 1 heterocycles. The van der Waals surface area contributed by atoms with Crippen molar-refractivity contribution in [2.24, 2.45) is 0 Å². The molecule has 102 valence electrons. The van der Waals surface area contributed by atoms with Crippen molar-refractivity contribution in [1.29, 1.82) is 0 Å². The Morgan fingerprint density at radius 2 is 1.79 bits per heavy atom. The number of hydrogen-bond donors (Lipinski definition) is 1. The molecule has 2 nitrogen and oxygen atoms in total. The molecule has 0 aliphatic rings. The molecule has 0 aliphatic heterocycles. The van der Waals surface area contributed by atoms with Crippen LogP contribution in [0.25, 0.3) is 0 Å². The molecule has 1 aromatic carbocycles. The SMILES string of the molecule is Cc1cc(C(F)(F)F)ccc1C(O)c1ccoc1C. The molecule has 19 heavy (non-hydrogen) atoms. The number of benzene rings is 1. The van der Waals surface area contributed by atoms with Crippen LogP contribution in [0.15, 0.2) is 34.9 Å². The fourth-order valence-electron chi connectivity index (χ4n) is 2.00. The molecule has 2 rings (SSSR count). The van der Waals surface area contributed by atoms with Crippen LogP contribution >= 0.6 is 0 Å². The first kappa shape index (κ1) is 13.7. The quantitative estimate of drug-likeness (QED) is 0.894. The van der Waals surface area contributed by atoms with Crippen molar-refractivity contribution >= 4 is 0 Å². The number of hydrogen-bond acceptors (Lipinski definition) is 2. The van der Waals surface area contributed by atoms with Crippen LogP contribution in [0.1, 0.15) is 34.1 Å². The molecular formula is C14H13F3O2. The summed E-state index contributed by atoms with van der Waals surface area (Å²) in [6.45, 7) is 3.24. The highest BCUT2D eigenvalue weighted by atomic mass is 19.4. The Labute approximate surface area is 108 Å². The summed E-state index contributed by atoms with van der Waals surface area (Å²) in [7, 11) is 0. The summed E-state index contributed by atoms with van der Waals surface area (Å²) < 4.78 is 42.8. The maximum Gasteiger partial charge on any atom is 0.416 e. The minimum absolute atomic E-state index is 0.392. The summed E-state index contributed by atoms with van der Waals surface area (Å²) >= 11 is 0. The predicted molar refractivity (Wildman–Crippen MR) is 63.7 cm³/mol. The predicted octanol–water partition coefficient (Wildman–Crippen LogP) is 4.00. The third-order valence-corrected chi connectivity index (χ3v) is 3.09. The zero-order valence-corrected chi connectivity index (χ0v) is 10.5. The van der Waals surface area contributed by atoms with Gasteiger partial charge in [0.1, 0.15) is 11.9 Å². The smallest absolute Gasteiger partial charge is 0.416 e. The number of aryl methyl sites for hydroxylation is 2. The minimum atomic E-state index is -4.38. The first-order valence-electron chi connectivity index (χ1n) is 5.70. The van der Waals surface area contributed by atoms with Gasteiger partial charge in [-0.05, 0) is 43.2 Å². The van der Waals surface area contributed by atoms with Crippen molar-refractivity contribution in [2.45, 2.75) is 26.1 Å². The lowest BCUT2D eigenvalue weighted by Gasteiger charge is -2.15. The van der Waals surface area contributed by atoms with E-state index in [-0.39, 0.29) is 0 Å². The third-order valence-electron chi connectivity index (χ3n) is 3.09. The number of aliphatic hydroxyl groups is 1. The van der Waals surface area contributed by atoms with Gasteiger partial charge in [0.15, 0.2) is 0 Å². The average molecular weight is 270 g/mol. The maximum absolute atomic E-state index is 12.6. The molecule has 5 heteroatoms. The highest BCUT2D eigenvalue weighted by Gasteiger charge is 2.31. The molecule has 0 amide bonds. The Balaban J connectivity index is 2.39. The lowest BCUT2D eigenvalue weighted by Crippen LogP contribution is -2.08. The highest BCUT2D eigenvalue weighted by Crippen LogP contribution is 2.33. The van der Waals surface area contributed by atoms with E-state index >= 15 is 0 Å². The highest BCUT2D eigenvalue weighted by molar-refractivity contribution is 5.39. The average Bonchev–Trinajstić information content (AvgIpc) is 2.73. The molecule has 0 radical (unpaired) electrons. The van der Waals surface area contributed by atoms with E-state index in [1.54, 1.807) is 19.9 Å². The van der Waals surface area contributed by atoms with Crippen LogP contribution in [-0.2, 0) is 6.18 Å². The van der Waals surface area contributed by atoms with Gasteiger partial charge < -0.3 is 9.52 Å². The largest absolute Gasteiger partial charge is 0.469 e. The Morgan fingerprint density at radius 1 is 1.11 bits per heavy atom. The van der Waals surface area contributed by atoms with Gasteiger partial charge in [0.25, 0.3) is 0 Å². The van der Waals surface area contributed by atoms with E-state index in [0.717, 1.165) is 12.1 Å². The van der Waals surface area contributed by atoms with Gasteiger partial charge in [0.05, 0.1) is 11.8 Å². The molecule has 0 aliphatic carbocycles. The van der Waals surface area contributed by atoms with Crippen molar-refractivity contribution in [1.82, 2.24) is 0 Å². The van der Waals surface area contributed by atoms with Crippen molar-refractivity contribution in [3.8, 4) is 0 Å². The topological polar surface area (TPSA) is 33.4 Å². The van der Waals surface area contributed by atoms with Gasteiger partial charge in [0.2, 0.25) is 0 Å². The zero-order chi connectivity index (χ0) is 14.2. The number of rotatable bonds is 2. The monoisotopic (exact) mass is 270 g/mol. The van der Waals surface area contributed by atoms with E-state index in [1.807, 2.05) is 0 Å². The summed E-state index contributed by atoms with van der Waals surface area (Å²) in [6.07, 6.45) is -3.92. The first-order chi connectivity index (χ1) is 8.80. The summed E-state index contributed by atoms with van der Waals surface area (Å²) in [5, 5.41) is 10.2. The molecule has 0 fully saturated rings. The Bertz CT molecular complexity index is 585. The molecule has 2 aromatic rings. The van der Waals surface area contributed by atoms with Crippen LogP contribution in [0.4, 0.5) is 13.2 Å². The first-order valence-corrected chi connectivity index (χ1v) is 5.70. The Hall–Kier alpha value is -1.75. The second-order valence-electron chi connectivity index (χ2n) is 4.40. The molecule has 0 saturated carbocycles. The molecule has 1 aromatic heterocycles. The van der Waals surface area contributed by atoms with Crippen LogP contribution in [0, 0.1) is 13.8 Å². The Kier molecular flexibility index (Phi) is 3.41. The molecular weight excluding hydrogens is 257 g/mol. The van der Waals surface area contributed by atoms with Crippen LogP contribution in [0.3, 0.4) is 0 Å². The van der Waals surface area contributed by atoms with Gasteiger partial charge in [-0.3, -0.25) is 0 Å². The van der Waals surface area contributed by atoms with Gasteiger partial charge in [-0.15, -0.1) is 0 Å². The molecule has 0 bridgehead atoms. The fourth-order valence-corrected chi connectivity index (χ4v) is 2.00. The van der Waals surface area contributed by atoms with Gasteiger partial charge in [-0.1, -0.05) is 6.07 Å².